The number of aromatic carboxylic acids is 1. The predicted molar refractivity (Wildman–Crippen MR) is 108 cm³/mol. The number of halogens is 3. The Balaban J connectivity index is 2.09. The molecule has 0 radical (unpaired) electrons. The Morgan fingerprint density at radius 2 is 1.53 bits per heavy atom. The Hall–Kier alpha value is -3.61. The standard InChI is InChI=1S/C23H18F3NO3/c1-13-8-10-17(22(29)30)14(2)20(13)27-21(28)18-12-16(15-6-4-3-5-7-15)9-11-19(18)23(24,25)26/h3-12H,1-2H3,(H,27,28)(H,29,30). The second-order valence-electron chi connectivity index (χ2n) is 6.81. The normalized spacial score (nSPS) is 11.2. The molecule has 1 amide bonds. The van der Waals surface area contributed by atoms with Crippen molar-refractivity contribution < 1.29 is 27.9 Å². The highest BCUT2D eigenvalue weighted by Crippen LogP contribution is 2.35. The third-order valence-corrected chi connectivity index (χ3v) is 4.82. The third kappa shape index (κ3) is 4.20. The van der Waals surface area contributed by atoms with Crippen LogP contribution >= 0.6 is 0 Å². The van der Waals surface area contributed by atoms with E-state index < -0.39 is 29.2 Å². The van der Waals surface area contributed by atoms with Gasteiger partial charge in [-0.3, -0.25) is 4.79 Å². The Morgan fingerprint density at radius 1 is 0.867 bits per heavy atom. The third-order valence-electron chi connectivity index (χ3n) is 4.82. The topological polar surface area (TPSA) is 66.4 Å². The van der Waals surface area contributed by atoms with E-state index in [0.29, 0.717) is 16.7 Å². The number of carbonyl (C=O) groups is 2. The molecular formula is C23H18F3NO3. The molecule has 0 saturated heterocycles. The quantitative estimate of drug-likeness (QED) is 0.556. The van der Waals surface area contributed by atoms with Crippen LogP contribution < -0.4 is 5.32 Å². The Kier molecular flexibility index (Phi) is 5.64. The second-order valence-corrected chi connectivity index (χ2v) is 6.81. The molecule has 0 aliphatic heterocycles. The van der Waals surface area contributed by atoms with Crippen molar-refractivity contribution in [1.29, 1.82) is 0 Å². The van der Waals surface area contributed by atoms with E-state index in [1.54, 1.807) is 37.3 Å². The molecule has 3 rings (SSSR count). The number of hydrogen-bond acceptors (Lipinski definition) is 2. The highest BCUT2D eigenvalue weighted by Gasteiger charge is 2.35. The molecule has 154 valence electrons. The van der Waals surface area contributed by atoms with Crippen LogP contribution in [0.1, 0.15) is 37.4 Å². The molecule has 0 spiro atoms. The summed E-state index contributed by atoms with van der Waals surface area (Å²) in [5.41, 5.74) is 0.472. The monoisotopic (exact) mass is 413 g/mol. The lowest BCUT2D eigenvalue weighted by Gasteiger charge is -2.17. The van der Waals surface area contributed by atoms with E-state index >= 15 is 0 Å². The molecule has 2 N–H and O–H groups in total. The molecule has 30 heavy (non-hydrogen) atoms. The average molecular weight is 413 g/mol. The number of hydrogen-bond donors (Lipinski definition) is 2. The first-order valence-corrected chi connectivity index (χ1v) is 9.01. The van der Waals surface area contributed by atoms with E-state index in [4.69, 9.17) is 0 Å². The summed E-state index contributed by atoms with van der Waals surface area (Å²) in [4.78, 5) is 24.3. The van der Waals surface area contributed by atoms with Crippen molar-refractivity contribution in [2.75, 3.05) is 5.32 Å². The van der Waals surface area contributed by atoms with Crippen molar-refractivity contribution in [3.05, 3.63) is 88.5 Å². The van der Waals surface area contributed by atoms with Crippen molar-refractivity contribution in [2.24, 2.45) is 0 Å². The molecule has 0 aliphatic carbocycles. The molecule has 0 bridgehead atoms. The molecule has 0 atom stereocenters. The van der Waals surface area contributed by atoms with Gasteiger partial charge in [0.25, 0.3) is 5.91 Å². The number of anilines is 1. The Morgan fingerprint density at radius 3 is 2.13 bits per heavy atom. The minimum atomic E-state index is -4.73. The molecule has 4 nitrogen and oxygen atoms in total. The van der Waals surface area contributed by atoms with Crippen molar-refractivity contribution in [2.45, 2.75) is 20.0 Å². The van der Waals surface area contributed by atoms with E-state index in [1.807, 2.05) is 0 Å². The molecule has 0 unspecified atom stereocenters. The maximum Gasteiger partial charge on any atom is 0.417 e. The summed E-state index contributed by atoms with van der Waals surface area (Å²) in [5.74, 6) is -2.15. The van der Waals surface area contributed by atoms with Gasteiger partial charge in [0.1, 0.15) is 0 Å². The zero-order valence-electron chi connectivity index (χ0n) is 16.2. The minimum absolute atomic E-state index is 0.0371. The van der Waals surface area contributed by atoms with Crippen LogP contribution in [0.25, 0.3) is 11.1 Å². The Bertz CT molecular complexity index is 1120. The zero-order chi connectivity index (χ0) is 22.1. The lowest BCUT2D eigenvalue weighted by atomic mass is 9.97. The van der Waals surface area contributed by atoms with Gasteiger partial charge < -0.3 is 10.4 Å². The molecule has 0 aromatic heterocycles. The fourth-order valence-corrected chi connectivity index (χ4v) is 3.24. The fourth-order valence-electron chi connectivity index (χ4n) is 3.24. The van der Waals surface area contributed by atoms with Gasteiger partial charge >= 0.3 is 12.1 Å². The average Bonchev–Trinajstić information content (AvgIpc) is 2.70. The molecule has 3 aromatic rings. The highest BCUT2D eigenvalue weighted by molar-refractivity contribution is 6.07. The van der Waals surface area contributed by atoms with Crippen LogP contribution in [0.15, 0.2) is 60.7 Å². The number of alkyl halides is 3. The van der Waals surface area contributed by atoms with Gasteiger partial charge in [0.2, 0.25) is 0 Å². The van der Waals surface area contributed by atoms with E-state index in [2.05, 4.69) is 5.32 Å². The molecule has 7 heteroatoms. The van der Waals surface area contributed by atoms with Crippen LogP contribution in [0.3, 0.4) is 0 Å². The first kappa shape index (κ1) is 21.1. The Labute approximate surface area is 171 Å². The lowest BCUT2D eigenvalue weighted by molar-refractivity contribution is -0.137. The number of carboxylic acid groups (broad SMARTS) is 1. The predicted octanol–water partition coefficient (Wildman–Crippen LogP) is 5.94. The number of carboxylic acids is 1. The number of amides is 1. The van der Waals surface area contributed by atoms with Gasteiger partial charge in [-0.05, 0) is 54.3 Å². The van der Waals surface area contributed by atoms with Crippen molar-refractivity contribution in [3.63, 3.8) is 0 Å². The molecule has 0 aliphatic rings. The largest absolute Gasteiger partial charge is 0.478 e. The SMILES string of the molecule is Cc1ccc(C(=O)O)c(C)c1NC(=O)c1cc(-c2ccccc2)ccc1C(F)(F)F. The summed E-state index contributed by atoms with van der Waals surface area (Å²) in [5, 5.41) is 11.8. The molecule has 0 fully saturated rings. The van der Waals surface area contributed by atoms with Crippen LogP contribution in [-0.4, -0.2) is 17.0 Å². The summed E-state index contributed by atoms with van der Waals surface area (Å²) < 4.78 is 40.7. The van der Waals surface area contributed by atoms with E-state index in [9.17, 15) is 27.9 Å². The van der Waals surface area contributed by atoms with E-state index in [0.717, 1.165) is 6.07 Å². The highest BCUT2D eigenvalue weighted by atomic mass is 19.4. The fraction of sp³-hybridized carbons (Fsp3) is 0.130. The number of rotatable bonds is 4. The number of nitrogens with one attached hydrogen (secondary N) is 1. The van der Waals surface area contributed by atoms with Gasteiger partial charge in [-0.25, -0.2) is 4.79 Å². The summed E-state index contributed by atoms with van der Waals surface area (Å²) in [6.45, 7) is 3.14. The van der Waals surface area contributed by atoms with Crippen LogP contribution in [0.5, 0.6) is 0 Å². The van der Waals surface area contributed by atoms with Crippen LogP contribution in [0.4, 0.5) is 18.9 Å². The van der Waals surface area contributed by atoms with Gasteiger partial charge in [0.15, 0.2) is 0 Å². The zero-order valence-corrected chi connectivity index (χ0v) is 16.2. The number of benzene rings is 3. The van der Waals surface area contributed by atoms with Crippen molar-refractivity contribution in [1.82, 2.24) is 0 Å². The lowest BCUT2D eigenvalue weighted by Crippen LogP contribution is -2.20. The van der Waals surface area contributed by atoms with Gasteiger partial charge in [-0.1, -0.05) is 42.5 Å². The van der Waals surface area contributed by atoms with Gasteiger partial charge in [0, 0.05) is 5.69 Å². The van der Waals surface area contributed by atoms with Gasteiger partial charge in [-0.2, -0.15) is 13.2 Å². The molecule has 3 aromatic carbocycles. The van der Waals surface area contributed by atoms with E-state index in [1.165, 1.54) is 31.2 Å². The molecular weight excluding hydrogens is 395 g/mol. The van der Waals surface area contributed by atoms with Crippen LogP contribution in [0.2, 0.25) is 0 Å². The summed E-state index contributed by atoms with van der Waals surface area (Å²) in [6, 6.07) is 15.0. The van der Waals surface area contributed by atoms with Gasteiger partial charge in [-0.15, -0.1) is 0 Å². The number of aryl methyl sites for hydroxylation is 1. The number of carbonyl (C=O) groups excluding carboxylic acids is 1. The van der Waals surface area contributed by atoms with Crippen molar-refractivity contribution in [3.8, 4) is 11.1 Å². The summed E-state index contributed by atoms with van der Waals surface area (Å²) >= 11 is 0. The maximum atomic E-state index is 13.6. The second kappa shape index (κ2) is 8.02. The first-order valence-electron chi connectivity index (χ1n) is 9.01. The van der Waals surface area contributed by atoms with Crippen LogP contribution in [0, 0.1) is 13.8 Å². The van der Waals surface area contributed by atoms with E-state index in [-0.39, 0.29) is 16.8 Å². The van der Waals surface area contributed by atoms with Gasteiger partial charge in [0.05, 0.1) is 16.7 Å². The summed E-state index contributed by atoms with van der Waals surface area (Å²) in [6.07, 6.45) is -4.73. The summed E-state index contributed by atoms with van der Waals surface area (Å²) in [7, 11) is 0. The molecule has 0 saturated carbocycles. The first-order chi connectivity index (χ1) is 14.1. The minimum Gasteiger partial charge on any atom is -0.478 e. The van der Waals surface area contributed by atoms with Crippen molar-refractivity contribution >= 4 is 17.6 Å². The molecule has 0 heterocycles. The maximum absolute atomic E-state index is 13.6. The smallest absolute Gasteiger partial charge is 0.417 e. The van der Waals surface area contributed by atoms with Crippen LogP contribution in [-0.2, 0) is 6.18 Å².